The van der Waals surface area contributed by atoms with Crippen LogP contribution in [-0.2, 0) is 6.54 Å². The van der Waals surface area contributed by atoms with Gasteiger partial charge in [-0.2, -0.15) is 0 Å². The highest BCUT2D eigenvalue weighted by Crippen LogP contribution is 2.22. The van der Waals surface area contributed by atoms with E-state index in [1.54, 1.807) is 0 Å². The van der Waals surface area contributed by atoms with Crippen molar-refractivity contribution in [1.82, 2.24) is 15.4 Å². The Morgan fingerprint density at radius 3 is 2.62 bits per heavy atom. The Labute approximate surface area is 172 Å². The summed E-state index contributed by atoms with van der Waals surface area (Å²) in [6.45, 7) is 9.28. The third-order valence-electron chi connectivity index (χ3n) is 4.56. The Morgan fingerprint density at radius 1 is 1.27 bits per heavy atom. The molecule has 1 aliphatic rings. The summed E-state index contributed by atoms with van der Waals surface area (Å²) < 4.78 is 5.23. The van der Waals surface area contributed by atoms with E-state index in [1.165, 1.54) is 11.1 Å². The van der Waals surface area contributed by atoms with Gasteiger partial charge < -0.3 is 14.7 Å². The average molecular weight is 466 g/mol. The summed E-state index contributed by atoms with van der Waals surface area (Å²) in [6, 6.07) is 10.6. The number of halogens is 1. The number of guanidine groups is 1. The molecule has 0 amide bonds. The topological polar surface area (TPSA) is 53.7 Å². The second-order valence-corrected chi connectivity index (χ2v) is 6.26. The quantitative estimate of drug-likeness (QED) is 0.418. The number of aliphatic imine (C=N–C) groups is 1. The van der Waals surface area contributed by atoms with E-state index in [4.69, 9.17) is 9.52 Å². The minimum atomic E-state index is 0. The number of nitrogens with one attached hydrogen (secondary N) is 1. The minimum Gasteiger partial charge on any atom is -0.361 e. The summed E-state index contributed by atoms with van der Waals surface area (Å²) in [5, 5.41) is 7.41. The Kier molecular flexibility index (Phi) is 7.68. The zero-order valence-corrected chi connectivity index (χ0v) is 18.0. The first-order valence-electron chi connectivity index (χ1n) is 8.88. The molecule has 1 aromatic carbocycles. The maximum atomic E-state index is 5.23. The van der Waals surface area contributed by atoms with E-state index in [1.807, 2.05) is 13.8 Å². The van der Waals surface area contributed by atoms with E-state index < -0.39 is 0 Å². The van der Waals surface area contributed by atoms with E-state index in [-0.39, 0.29) is 24.0 Å². The number of hydrogen-bond acceptors (Lipinski definition) is 3. The average Bonchev–Trinajstić information content (AvgIpc) is 2.98. The van der Waals surface area contributed by atoms with E-state index >= 15 is 0 Å². The van der Waals surface area contributed by atoms with Gasteiger partial charge in [0.2, 0.25) is 0 Å². The Hall–Kier alpha value is -1.83. The Morgan fingerprint density at radius 2 is 2.04 bits per heavy atom. The molecule has 0 aliphatic carbocycles. The molecule has 0 saturated carbocycles. The van der Waals surface area contributed by atoms with Crippen molar-refractivity contribution in [3.63, 3.8) is 0 Å². The maximum Gasteiger partial charge on any atom is 0.194 e. The van der Waals surface area contributed by atoms with Crippen molar-refractivity contribution < 1.29 is 4.52 Å². The molecule has 0 unspecified atom stereocenters. The van der Waals surface area contributed by atoms with Crippen molar-refractivity contribution >= 4 is 35.5 Å². The van der Waals surface area contributed by atoms with Gasteiger partial charge in [0.25, 0.3) is 0 Å². The summed E-state index contributed by atoms with van der Waals surface area (Å²) >= 11 is 0. The monoisotopic (exact) mass is 466 g/mol. The molecule has 0 spiro atoms. The lowest BCUT2D eigenvalue weighted by atomic mass is 10.00. The number of nitrogens with zero attached hydrogens (tertiary/aromatic N) is 3. The van der Waals surface area contributed by atoms with Gasteiger partial charge in [-0.1, -0.05) is 41.6 Å². The van der Waals surface area contributed by atoms with Crippen LogP contribution in [-0.4, -0.2) is 35.7 Å². The van der Waals surface area contributed by atoms with Gasteiger partial charge in [-0.15, -0.1) is 24.0 Å². The summed E-state index contributed by atoms with van der Waals surface area (Å²) in [6.07, 6.45) is 3.33. The molecule has 2 heterocycles. The van der Waals surface area contributed by atoms with Crippen molar-refractivity contribution in [2.75, 3.05) is 19.6 Å². The van der Waals surface area contributed by atoms with Crippen LogP contribution in [0.15, 0.2) is 45.9 Å². The van der Waals surface area contributed by atoms with Crippen molar-refractivity contribution in [2.45, 2.75) is 33.7 Å². The third kappa shape index (κ3) is 4.87. The molecule has 2 aromatic rings. The second-order valence-electron chi connectivity index (χ2n) is 6.26. The molecule has 1 N–H and O–H groups in total. The molecule has 5 nitrogen and oxygen atoms in total. The van der Waals surface area contributed by atoms with Crippen LogP contribution in [0.4, 0.5) is 0 Å². The summed E-state index contributed by atoms with van der Waals surface area (Å²) in [4.78, 5) is 7.10. The van der Waals surface area contributed by atoms with Crippen LogP contribution >= 0.6 is 24.0 Å². The SMILES string of the molecule is CCNC(=NCc1c(C)noc1C)N1CC=C(c2ccccc2)CC1.I. The van der Waals surface area contributed by atoms with Gasteiger partial charge in [-0.05, 0) is 38.3 Å². The maximum absolute atomic E-state index is 5.23. The Bertz CT molecular complexity index is 748. The first-order valence-corrected chi connectivity index (χ1v) is 8.88. The highest BCUT2D eigenvalue weighted by molar-refractivity contribution is 14.0. The fraction of sp³-hybridized carbons (Fsp3) is 0.400. The molecule has 0 atom stereocenters. The van der Waals surface area contributed by atoms with Gasteiger partial charge >= 0.3 is 0 Å². The lowest BCUT2D eigenvalue weighted by Gasteiger charge is -2.29. The van der Waals surface area contributed by atoms with Crippen molar-refractivity contribution in [3.8, 4) is 0 Å². The largest absolute Gasteiger partial charge is 0.361 e. The normalized spacial score (nSPS) is 14.7. The van der Waals surface area contributed by atoms with Gasteiger partial charge in [-0.3, -0.25) is 0 Å². The summed E-state index contributed by atoms with van der Waals surface area (Å²) in [5.74, 6) is 1.80. The van der Waals surface area contributed by atoms with E-state index in [2.05, 4.69) is 58.7 Å². The molecule has 6 heteroatoms. The van der Waals surface area contributed by atoms with Gasteiger partial charge in [0.05, 0.1) is 12.2 Å². The molecule has 26 heavy (non-hydrogen) atoms. The minimum absolute atomic E-state index is 0. The van der Waals surface area contributed by atoms with Crippen LogP contribution in [0.2, 0.25) is 0 Å². The number of aryl methyl sites for hydroxylation is 2. The molecule has 0 fully saturated rings. The predicted octanol–water partition coefficient (Wildman–Crippen LogP) is 4.16. The lowest BCUT2D eigenvalue weighted by molar-refractivity contribution is 0.392. The van der Waals surface area contributed by atoms with Crippen LogP contribution < -0.4 is 5.32 Å². The Balaban J connectivity index is 0.00000243. The standard InChI is InChI=1S/C20H26N4O.HI/c1-4-21-20(22-14-19-15(2)23-25-16(19)3)24-12-10-18(11-13-24)17-8-6-5-7-9-17;/h5-10H,4,11-14H2,1-3H3,(H,21,22);1H. The lowest BCUT2D eigenvalue weighted by Crippen LogP contribution is -2.43. The summed E-state index contributed by atoms with van der Waals surface area (Å²) in [5.41, 5.74) is 4.73. The van der Waals surface area contributed by atoms with Crippen molar-refractivity contribution in [3.05, 3.63) is 59.0 Å². The number of rotatable bonds is 4. The predicted molar refractivity (Wildman–Crippen MR) is 117 cm³/mol. The van der Waals surface area contributed by atoms with E-state index in [9.17, 15) is 0 Å². The number of hydrogen-bond donors (Lipinski definition) is 1. The number of benzene rings is 1. The van der Waals surface area contributed by atoms with Gasteiger partial charge in [0.15, 0.2) is 5.96 Å². The van der Waals surface area contributed by atoms with Crippen LogP contribution in [0.5, 0.6) is 0 Å². The highest BCUT2D eigenvalue weighted by Gasteiger charge is 2.17. The molecule has 140 valence electrons. The van der Waals surface area contributed by atoms with Gasteiger partial charge in [0.1, 0.15) is 5.76 Å². The number of aromatic nitrogens is 1. The molecule has 0 saturated heterocycles. The molecule has 1 aromatic heterocycles. The van der Waals surface area contributed by atoms with Crippen molar-refractivity contribution in [1.29, 1.82) is 0 Å². The van der Waals surface area contributed by atoms with E-state index in [0.717, 1.165) is 49.0 Å². The van der Waals surface area contributed by atoms with E-state index in [0.29, 0.717) is 6.54 Å². The smallest absolute Gasteiger partial charge is 0.194 e. The molecule has 1 aliphatic heterocycles. The molecule has 0 radical (unpaired) electrons. The summed E-state index contributed by atoms with van der Waals surface area (Å²) in [7, 11) is 0. The fourth-order valence-corrected chi connectivity index (χ4v) is 3.08. The van der Waals surface area contributed by atoms with Gasteiger partial charge in [-0.25, -0.2) is 4.99 Å². The van der Waals surface area contributed by atoms with Gasteiger partial charge in [0, 0.05) is 25.2 Å². The molecule has 3 rings (SSSR count). The first kappa shape index (κ1) is 20.5. The first-order chi connectivity index (χ1) is 12.2. The molecular formula is C20H27IN4O. The van der Waals surface area contributed by atoms with Crippen molar-refractivity contribution in [2.24, 2.45) is 4.99 Å². The third-order valence-corrected chi connectivity index (χ3v) is 4.56. The molecule has 0 bridgehead atoms. The van der Waals surface area contributed by atoms with Crippen LogP contribution in [0.25, 0.3) is 5.57 Å². The fourth-order valence-electron chi connectivity index (χ4n) is 3.08. The molecular weight excluding hydrogens is 439 g/mol. The zero-order valence-electron chi connectivity index (χ0n) is 15.7. The van der Waals surface area contributed by atoms with Crippen LogP contribution in [0, 0.1) is 13.8 Å². The highest BCUT2D eigenvalue weighted by atomic mass is 127. The van der Waals surface area contributed by atoms with Crippen LogP contribution in [0.3, 0.4) is 0 Å². The van der Waals surface area contributed by atoms with Crippen LogP contribution in [0.1, 0.15) is 35.9 Å². The zero-order chi connectivity index (χ0) is 17.6. The second kappa shape index (κ2) is 9.75.